The molecule has 2 rings (SSSR count). The summed E-state index contributed by atoms with van der Waals surface area (Å²) in [4.78, 5) is 13.4. The summed E-state index contributed by atoms with van der Waals surface area (Å²) >= 11 is 1.67. The Bertz CT molecular complexity index is 745. The molecule has 26 heavy (non-hydrogen) atoms. The van der Waals surface area contributed by atoms with E-state index >= 15 is 0 Å². The number of nitrogens with one attached hydrogen (secondary N) is 2. The number of nitrogens with zero attached hydrogens (tertiary/aromatic N) is 3. The molecule has 0 aliphatic heterocycles. The number of pyridine rings is 1. The van der Waals surface area contributed by atoms with E-state index in [1.54, 1.807) is 25.5 Å². The Morgan fingerprint density at radius 2 is 1.96 bits per heavy atom. The molecule has 8 heteroatoms. The van der Waals surface area contributed by atoms with Crippen LogP contribution in [0.3, 0.4) is 0 Å². The standard InChI is InChI=1S/C18H27N5OS.HI/c1-11(2)15-10-25-16(23-15)9-22-18(19-5)21-8-14-13(4)17(24-6)12(3)7-20-14;/h7,10-11H,8-9H2,1-6H3,(H2,19,21,22);1H. The molecule has 0 bridgehead atoms. The average Bonchev–Trinajstić information content (AvgIpc) is 3.06. The SMILES string of the molecule is CN=C(NCc1nc(C(C)C)cs1)NCc1ncc(C)c(OC)c1C.I. The van der Waals surface area contributed by atoms with E-state index in [0.717, 1.165) is 39.2 Å². The van der Waals surface area contributed by atoms with Gasteiger partial charge >= 0.3 is 0 Å². The van der Waals surface area contributed by atoms with Gasteiger partial charge in [-0.3, -0.25) is 9.98 Å². The van der Waals surface area contributed by atoms with Crippen molar-refractivity contribution in [3.8, 4) is 5.75 Å². The summed E-state index contributed by atoms with van der Waals surface area (Å²) < 4.78 is 5.46. The van der Waals surface area contributed by atoms with E-state index in [4.69, 9.17) is 4.74 Å². The molecular weight excluding hydrogens is 461 g/mol. The van der Waals surface area contributed by atoms with Crippen LogP contribution < -0.4 is 15.4 Å². The highest BCUT2D eigenvalue weighted by Crippen LogP contribution is 2.23. The maximum Gasteiger partial charge on any atom is 0.191 e. The minimum absolute atomic E-state index is 0. The molecule has 6 nitrogen and oxygen atoms in total. The summed E-state index contributed by atoms with van der Waals surface area (Å²) in [5.74, 6) is 2.06. The molecule has 2 N–H and O–H groups in total. The Balaban J connectivity index is 0.00000338. The van der Waals surface area contributed by atoms with Gasteiger partial charge in [0.1, 0.15) is 10.8 Å². The minimum atomic E-state index is 0. The number of thiazole rings is 1. The normalized spacial score (nSPS) is 11.3. The van der Waals surface area contributed by atoms with Crippen LogP contribution in [-0.2, 0) is 13.1 Å². The molecule has 0 aliphatic rings. The zero-order valence-electron chi connectivity index (χ0n) is 16.2. The maximum atomic E-state index is 5.46. The quantitative estimate of drug-likeness (QED) is 0.367. The van der Waals surface area contributed by atoms with E-state index in [1.165, 1.54) is 0 Å². The van der Waals surface area contributed by atoms with Gasteiger partial charge in [-0.1, -0.05) is 13.8 Å². The van der Waals surface area contributed by atoms with E-state index in [2.05, 4.69) is 44.8 Å². The van der Waals surface area contributed by atoms with Gasteiger partial charge in [0, 0.05) is 29.8 Å². The number of ether oxygens (including phenoxy) is 1. The molecule has 0 spiro atoms. The number of hydrogen-bond donors (Lipinski definition) is 2. The minimum Gasteiger partial charge on any atom is -0.496 e. The lowest BCUT2D eigenvalue weighted by Crippen LogP contribution is -2.36. The lowest BCUT2D eigenvalue weighted by Gasteiger charge is -2.14. The van der Waals surface area contributed by atoms with Crippen LogP contribution in [0.25, 0.3) is 0 Å². The van der Waals surface area contributed by atoms with Crippen LogP contribution in [0, 0.1) is 13.8 Å². The van der Waals surface area contributed by atoms with Gasteiger partial charge in [-0.15, -0.1) is 35.3 Å². The molecular formula is C18H28IN5OS. The maximum absolute atomic E-state index is 5.46. The highest BCUT2D eigenvalue weighted by molar-refractivity contribution is 14.0. The molecule has 0 radical (unpaired) electrons. The van der Waals surface area contributed by atoms with Crippen molar-refractivity contribution in [2.75, 3.05) is 14.2 Å². The zero-order chi connectivity index (χ0) is 18.4. The summed E-state index contributed by atoms with van der Waals surface area (Å²) in [6.45, 7) is 9.55. The molecule has 0 aliphatic carbocycles. The molecule has 2 aromatic rings. The van der Waals surface area contributed by atoms with Crippen molar-refractivity contribution >= 4 is 41.3 Å². The van der Waals surface area contributed by atoms with Gasteiger partial charge < -0.3 is 15.4 Å². The molecule has 0 aromatic carbocycles. The Morgan fingerprint density at radius 1 is 1.27 bits per heavy atom. The molecule has 0 unspecified atom stereocenters. The van der Waals surface area contributed by atoms with Crippen LogP contribution in [0.15, 0.2) is 16.6 Å². The van der Waals surface area contributed by atoms with Gasteiger partial charge in [0.05, 0.1) is 31.6 Å². The first-order chi connectivity index (χ1) is 12.0. The van der Waals surface area contributed by atoms with Crippen LogP contribution >= 0.6 is 35.3 Å². The van der Waals surface area contributed by atoms with Crippen LogP contribution in [0.1, 0.15) is 47.3 Å². The second-order valence-corrected chi connectivity index (χ2v) is 7.09. The Morgan fingerprint density at radius 3 is 2.54 bits per heavy atom. The molecule has 0 fully saturated rings. The van der Waals surface area contributed by atoms with Gasteiger partial charge in [-0.25, -0.2) is 4.98 Å². The lowest BCUT2D eigenvalue weighted by atomic mass is 10.1. The highest BCUT2D eigenvalue weighted by atomic mass is 127. The zero-order valence-corrected chi connectivity index (χ0v) is 19.4. The highest BCUT2D eigenvalue weighted by Gasteiger charge is 2.10. The largest absolute Gasteiger partial charge is 0.496 e. The van der Waals surface area contributed by atoms with Crippen LogP contribution in [0.5, 0.6) is 5.75 Å². The van der Waals surface area contributed by atoms with Crippen molar-refractivity contribution in [2.45, 2.75) is 46.7 Å². The van der Waals surface area contributed by atoms with E-state index in [0.29, 0.717) is 19.0 Å². The number of aromatic nitrogens is 2. The summed E-state index contributed by atoms with van der Waals surface area (Å²) in [6, 6.07) is 0. The number of hydrogen-bond acceptors (Lipinski definition) is 5. The average molecular weight is 489 g/mol. The summed E-state index contributed by atoms with van der Waals surface area (Å²) in [6.07, 6.45) is 1.84. The third-order valence-electron chi connectivity index (χ3n) is 3.96. The van der Waals surface area contributed by atoms with Crippen molar-refractivity contribution in [2.24, 2.45) is 4.99 Å². The number of guanidine groups is 1. The van der Waals surface area contributed by atoms with Gasteiger partial charge in [0.2, 0.25) is 0 Å². The molecule has 0 saturated heterocycles. The first kappa shape index (κ1) is 22.6. The summed E-state index contributed by atoms with van der Waals surface area (Å²) in [7, 11) is 3.44. The molecule has 2 aromatic heterocycles. The van der Waals surface area contributed by atoms with Gasteiger partial charge in [0.25, 0.3) is 0 Å². The molecule has 0 atom stereocenters. The van der Waals surface area contributed by atoms with Crippen molar-refractivity contribution in [3.63, 3.8) is 0 Å². The fraction of sp³-hybridized carbons (Fsp3) is 0.500. The van der Waals surface area contributed by atoms with E-state index in [1.807, 2.05) is 20.0 Å². The van der Waals surface area contributed by atoms with Crippen molar-refractivity contribution in [3.05, 3.63) is 39.1 Å². The second kappa shape index (κ2) is 10.7. The molecule has 2 heterocycles. The smallest absolute Gasteiger partial charge is 0.191 e. The number of aliphatic imine (C=N–C) groups is 1. The Labute approximate surface area is 176 Å². The Hall–Kier alpha value is -1.42. The molecule has 0 saturated carbocycles. The fourth-order valence-corrected chi connectivity index (χ4v) is 3.36. The van der Waals surface area contributed by atoms with Gasteiger partial charge in [0.15, 0.2) is 5.96 Å². The predicted molar refractivity (Wildman–Crippen MR) is 119 cm³/mol. The third kappa shape index (κ3) is 5.80. The van der Waals surface area contributed by atoms with Crippen molar-refractivity contribution < 1.29 is 4.74 Å². The lowest BCUT2D eigenvalue weighted by molar-refractivity contribution is 0.406. The number of aryl methyl sites for hydroxylation is 1. The van der Waals surface area contributed by atoms with Crippen molar-refractivity contribution in [1.29, 1.82) is 0 Å². The number of rotatable bonds is 6. The first-order valence-corrected chi connectivity index (χ1v) is 9.22. The van der Waals surface area contributed by atoms with Crippen LogP contribution in [0.4, 0.5) is 0 Å². The van der Waals surface area contributed by atoms with Crippen LogP contribution in [-0.4, -0.2) is 30.1 Å². The third-order valence-corrected chi connectivity index (χ3v) is 4.83. The summed E-state index contributed by atoms with van der Waals surface area (Å²) in [5, 5.41) is 9.76. The Kier molecular flexibility index (Phi) is 9.28. The van der Waals surface area contributed by atoms with Crippen molar-refractivity contribution in [1.82, 2.24) is 20.6 Å². The monoisotopic (exact) mass is 489 g/mol. The summed E-state index contributed by atoms with van der Waals surface area (Å²) in [5.41, 5.74) is 4.17. The topological polar surface area (TPSA) is 71.4 Å². The number of methoxy groups -OCH3 is 1. The van der Waals surface area contributed by atoms with Gasteiger partial charge in [-0.05, 0) is 19.8 Å². The molecule has 144 valence electrons. The van der Waals surface area contributed by atoms with E-state index in [9.17, 15) is 0 Å². The first-order valence-electron chi connectivity index (χ1n) is 8.34. The van der Waals surface area contributed by atoms with Gasteiger partial charge in [-0.2, -0.15) is 0 Å². The second-order valence-electron chi connectivity index (χ2n) is 6.15. The van der Waals surface area contributed by atoms with E-state index in [-0.39, 0.29) is 24.0 Å². The predicted octanol–water partition coefficient (Wildman–Crippen LogP) is 3.77. The fourth-order valence-electron chi connectivity index (χ4n) is 2.47. The number of halogens is 1. The van der Waals surface area contributed by atoms with Crippen LogP contribution in [0.2, 0.25) is 0 Å². The molecule has 0 amide bonds. The van der Waals surface area contributed by atoms with E-state index < -0.39 is 0 Å².